The SMILES string of the molecule is COC(=O)C(C)=CF. The van der Waals surface area contributed by atoms with Crippen LogP contribution in [0.25, 0.3) is 0 Å². The fourth-order valence-corrected chi connectivity index (χ4v) is 0.206. The van der Waals surface area contributed by atoms with Crippen molar-refractivity contribution in [3.05, 3.63) is 11.9 Å². The molecule has 3 heteroatoms. The molecular formula is C5H7FO2. The first-order valence-electron chi connectivity index (χ1n) is 2.07. The second kappa shape index (κ2) is 3.18. The maximum Gasteiger partial charge on any atom is 0.335 e. The van der Waals surface area contributed by atoms with Crippen LogP contribution < -0.4 is 0 Å². The maximum absolute atomic E-state index is 11.4. The van der Waals surface area contributed by atoms with E-state index >= 15 is 0 Å². The average molecular weight is 118 g/mol. The monoisotopic (exact) mass is 118 g/mol. The highest BCUT2D eigenvalue weighted by atomic mass is 19.1. The van der Waals surface area contributed by atoms with E-state index in [0.717, 1.165) is 0 Å². The zero-order chi connectivity index (χ0) is 6.57. The largest absolute Gasteiger partial charge is 0.466 e. The minimum absolute atomic E-state index is 0.0208. The van der Waals surface area contributed by atoms with E-state index in [0.29, 0.717) is 0 Å². The van der Waals surface area contributed by atoms with Gasteiger partial charge >= 0.3 is 5.97 Å². The molecule has 0 aromatic carbocycles. The summed E-state index contributed by atoms with van der Waals surface area (Å²) in [5, 5.41) is 0. The lowest BCUT2D eigenvalue weighted by molar-refractivity contribution is -0.136. The molecule has 0 aliphatic rings. The molecule has 0 radical (unpaired) electrons. The van der Waals surface area contributed by atoms with Gasteiger partial charge in [0.05, 0.1) is 19.0 Å². The molecule has 0 atom stereocenters. The molecule has 8 heavy (non-hydrogen) atoms. The number of hydrogen-bond donors (Lipinski definition) is 0. The lowest BCUT2D eigenvalue weighted by atomic mass is 10.4. The molecule has 46 valence electrons. The smallest absolute Gasteiger partial charge is 0.335 e. The summed E-state index contributed by atoms with van der Waals surface area (Å²) >= 11 is 0. The van der Waals surface area contributed by atoms with Crippen molar-refractivity contribution < 1.29 is 13.9 Å². The van der Waals surface area contributed by atoms with Gasteiger partial charge in [0.2, 0.25) is 0 Å². The summed E-state index contributed by atoms with van der Waals surface area (Å²) in [5.74, 6) is -0.632. The van der Waals surface area contributed by atoms with Crippen LogP contribution in [-0.2, 0) is 9.53 Å². The zero-order valence-electron chi connectivity index (χ0n) is 4.77. The molecule has 0 rings (SSSR count). The van der Waals surface area contributed by atoms with Gasteiger partial charge in [-0.25, -0.2) is 9.18 Å². The molecule has 0 aliphatic heterocycles. The van der Waals surface area contributed by atoms with Gasteiger partial charge in [0.15, 0.2) is 0 Å². The Morgan fingerprint density at radius 3 is 2.38 bits per heavy atom. The molecule has 2 nitrogen and oxygen atoms in total. The Labute approximate surface area is 47.0 Å². The van der Waals surface area contributed by atoms with Crippen LogP contribution in [0.1, 0.15) is 6.92 Å². The number of halogens is 1. The third-order valence-corrected chi connectivity index (χ3v) is 0.671. The summed E-state index contributed by atoms with van der Waals surface area (Å²) in [6, 6.07) is 0. The van der Waals surface area contributed by atoms with Gasteiger partial charge in [0.25, 0.3) is 0 Å². The molecule has 0 N–H and O–H groups in total. The predicted molar refractivity (Wildman–Crippen MR) is 26.9 cm³/mol. The second-order valence-electron chi connectivity index (χ2n) is 1.28. The minimum Gasteiger partial charge on any atom is -0.466 e. The van der Waals surface area contributed by atoms with Crippen LogP contribution in [0, 0.1) is 0 Å². The summed E-state index contributed by atoms with van der Waals surface area (Å²) in [4.78, 5) is 10.2. The number of hydrogen-bond acceptors (Lipinski definition) is 2. The molecule has 0 aromatic heterocycles. The van der Waals surface area contributed by atoms with E-state index in [1.807, 2.05) is 0 Å². The normalized spacial score (nSPS) is 11.1. The third-order valence-electron chi connectivity index (χ3n) is 0.671. The first-order valence-corrected chi connectivity index (χ1v) is 2.07. The maximum atomic E-state index is 11.4. The van der Waals surface area contributed by atoms with Gasteiger partial charge in [-0.1, -0.05) is 0 Å². The van der Waals surface area contributed by atoms with E-state index in [1.54, 1.807) is 0 Å². The molecule has 0 saturated carbocycles. The number of esters is 1. The molecule has 0 fully saturated rings. The van der Waals surface area contributed by atoms with E-state index in [-0.39, 0.29) is 11.9 Å². The number of carbonyl (C=O) groups is 1. The average Bonchev–Trinajstić information content (AvgIpc) is 1.84. The Balaban J connectivity index is 3.83. The Hall–Kier alpha value is -0.860. The number of rotatable bonds is 1. The minimum atomic E-state index is -0.632. The van der Waals surface area contributed by atoms with Gasteiger partial charge in [-0.15, -0.1) is 0 Å². The van der Waals surface area contributed by atoms with Crippen LogP contribution in [0.3, 0.4) is 0 Å². The van der Waals surface area contributed by atoms with Crippen molar-refractivity contribution in [3.63, 3.8) is 0 Å². The highest BCUT2D eigenvalue weighted by Crippen LogP contribution is 1.93. The van der Waals surface area contributed by atoms with Crippen LogP contribution in [0.2, 0.25) is 0 Å². The summed E-state index contributed by atoms with van der Waals surface area (Å²) in [7, 11) is 1.20. The Morgan fingerprint density at radius 1 is 1.75 bits per heavy atom. The quantitative estimate of drug-likeness (QED) is 0.379. The van der Waals surface area contributed by atoms with Crippen LogP contribution in [-0.4, -0.2) is 13.1 Å². The van der Waals surface area contributed by atoms with Crippen LogP contribution in [0.5, 0.6) is 0 Å². The summed E-state index contributed by atoms with van der Waals surface area (Å²) < 4.78 is 15.5. The highest BCUT2D eigenvalue weighted by Gasteiger charge is 2.00. The molecule has 0 bridgehead atoms. The third kappa shape index (κ3) is 1.73. The standard InChI is InChI=1S/C5H7FO2/c1-4(3-6)5(7)8-2/h3H,1-2H3. The molecule has 0 saturated heterocycles. The Bertz CT molecular complexity index is 118. The molecular weight excluding hydrogens is 111 g/mol. The Morgan fingerprint density at radius 2 is 2.25 bits per heavy atom. The summed E-state index contributed by atoms with van der Waals surface area (Å²) in [6.45, 7) is 1.34. The Kier molecular flexibility index (Phi) is 2.84. The van der Waals surface area contributed by atoms with E-state index in [1.165, 1.54) is 14.0 Å². The molecule has 0 heterocycles. The van der Waals surface area contributed by atoms with Crippen molar-refractivity contribution in [2.45, 2.75) is 6.92 Å². The van der Waals surface area contributed by atoms with Gasteiger partial charge in [-0.3, -0.25) is 0 Å². The van der Waals surface area contributed by atoms with Gasteiger partial charge in [0, 0.05) is 0 Å². The lowest BCUT2D eigenvalue weighted by Gasteiger charge is -1.92. The fraction of sp³-hybridized carbons (Fsp3) is 0.400. The zero-order valence-corrected chi connectivity index (χ0v) is 4.77. The van der Waals surface area contributed by atoms with Crippen LogP contribution >= 0.6 is 0 Å². The van der Waals surface area contributed by atoms with Crippen LogP contribution in [0.4, 0.5) is 4.39 Å². The van der Waals surface area contributed by atoms with Gasteiger partial charge in [-0.05, 0) is 6.92 Å². The highest BCUT2D eigenvalue weighted by molar-refractivity contribution is 5.87. The van der Waals surface area contributed by atoms with E-state index in [4.69, 9.17) is 0 Å². The van der Waals surface area contributed by atoms with Gasteiger partial charge in [0.1, 0.15) is 0 Å². The number of carbonyl (C=O) groups excluding carboxylic acids is 1. The first-order chi connectivity index (χ1) is 3.72. The molecule has 0 aliphatic carbocycles. The van der Waals surface area contributed by atoms with Crippen molar-refractivity contribution in [2.75, 3.05) is 7.11 Å². The second-order valence-corrected chi connectivity index (χ2v) is 1.28. The summed E-state index contributed by atoms with van der Waals surface area (Å²) in [5.41, 5.74) is -0.0208. The molecule has 0 aromatic rings. The predicted octanol–water partition coefficient (Wildman–Crippen LogP) is 1.03. The van der Waals surface area contributed by atoms with Crippen molar-refractivity contribution in [2.24, 2.45) is 0 Å². The van der Waals surface area contributed by atoms with Crippen molar-refractivity contribution in [1.29, 1.82) is 0 Å². The number of methoxy groups -OCH3 is 1. The van der Waals surface area contributed by atoms with Crippen molar-refractivity contribution in [1.82, 2.24) is 0 Å². The molecule has 0 unspecified atom stereocenters. The van der Waals surface area contributed by atoms with Crippen LogP contribution in [0.15, 0.2) is 11.9 Å². The topological polar surface area (TPSA) is 26.3 Å². The number of ether oxygens (including phenoxy) is 1. The lowest BCUT2D eigenvalue weighted by Crippen LogP contribution is -1.99. The van der Waals surface area contributed by atoms with E-state index in [2.05, 4.69) is 4.74 Å². The fourth-order valence-electron chi connectivity index (χ4n) is 0.206. The van der Waals surface area contributed by atoms with Crippen molar-refractivity contribution in [3.8, 4) is 0 Å². The molecule has 0 spiro atoms. The van der Waals surface area contributed by atoms with Gasteiger partial charge < -0.3 is 4.74 Å². The molecule has 0 amide bonds. The van der Waals surface area contributed by atoms with Gasteiger partial charge in [-0.2, -0.15) is 0 Å². The van der Waals surface area contributed by atoms with Crippen molar-refractivity contribution >= 4 is 5.97 Å². The van der Waals surface area contributed by atoms with E-state index in [9.17, 15) is 9.18 Å². The first kappa shape index (κ1) is 7.14. The van der Waals surface area contributed by atoms with E-state index < -0.39 is 5.97 Å². The summed E-state index contributed by atoms with van der Waals surface area (Å²) in [6.07, 6.45) is 0.214.